The van der Waals surface area contributed by atoms with Gasteiger partial charge in [0, 0.05) is 18.3 Å². The van der Waals surface area contributed by atoms with Crippen LogP contribution in [-0.4, -0.2) is 17.1 Å². The number of aromatic nitrogens is 1. The highest BCUT2D eigenvalue weighted by molar-refractivity contribution is 5.70. The highest BCUT2D eigenvalue weighted by Crippen LogP contribution is 2.15. The number of hydrogen-bond acceptors (Lipinski definition) is 3. The lowest BCUT2D eigenvalue weighted by Crippen LogP contribution is -2.14. The van der Waals surface area contributed by atoms with Crippen LogP contribution in [0.3, 0.4) is 0 Å². The van der Waals surface area contributed by atoms with Crippen molar-refractivity contribution in [1.82, 2.24) is 4.98 Å². The van der Waals surface area contributed by atoms with Crippen LogP contribution in [0.15, 0.2) is 18.3 Å². The Kier molecular flexibility index (Phi) is 2.99. The number of pyridine rings is 1. The van der Waals surface area contributed by atoms with E-state index >= 15 is 0 Å². The van der Waals surface area contributed by atoms with Crippen LogP contribution >= 0.6 is 0 Å². The maximum Gasteiger partial charge on any atom is 0.306 e. The van der Waals surface area contributed by atoms with Crippen molar-refractivity contribution in [3.63, 3.8) is 0 Å². The first-order valence-corrected chi connectivity index (χ1v) is 5.38. The zero-order chi connectivity index (χ0) is 10.7. The van der Waals surface area contributed by atoms with Gasteiger partial charge in [0.2, 0.25) is 0 Å². The lowest BCUT2D eigenvalue weighted by Gasteiger charge is -2.10. The van der Waals surface area contributed by atoms with Crippen LogP contribution in [0.1, 0.15) is 31.0 Å². The Hall–Kier alpha value is -1.38. The van der Waals surface area contributed by atoms with E-state index in [-0.39, 0.29) is 12.1 Å². The summed E-state index contributed by atoms with van der Waals surface area (Å²) >= 11 is 0. The zero-order valence-electron chi connectivity index (χ0n) is 8.90. The Labute approximate surface area is 89.5 Å². The Morgan fingerprint density at radius 3 is 3.13 bits per heavy atom. The summed E-state index contributed by atoms with van der Waals surface area (Å²) in [5, 5.41) is 0. The molecule has 1 aliphatic heterocycles. The number of esters is 1. The van der Waals surface area contributed by atoms with Gasteiger partial charge in [-0.1, -0.05) is 6.07 Å². The smallest absolute Gasteiger partial charge is 0.306 e. The van der Waals surface area contributed by atoms with Crippen LogP contribution < -0.4 is 0 Å². The maximum atomic E-state index is 11.4. The van der Waals surface area contributed by atoms with Crippen molar-refractivity contribution < 1.29 is 9.53 Å². The largest absolute Gasteiger partial charge is 0.463 e. The van der Waals surface area contributed by atoms with Crippen molar-refractivity contribution >= 4 is 5.97 Å². The van der Waals surface area contributed by atoms with E-state index in [1.807, 2.05) is 25.3 Å². The van der Waals surface area contributed by atoms with Gasteiger partial charge in [-0.2, -0.15) is 0 Å². The van der Waals surface area contributed by atoms with Crippen molar-refractivity contribution in [2.24, 2.45) is 0 Å². The van der Waals surface area contributed by atoms with E-state index in [0.29, 0.717) is 6.42 Å². The molecule has 3 nitrogen and oxygen atoms in total. The van der Waals surface area contributed by atoms with E-state index in [0.717, 1.165) is 25.0 Å². The van der Waals surface area contributed by atoms with Crippen LogP contribution in [0.5, 0.6) is 0 Å². The van der Waals surface area contributed by atoms with Gasteiger partial charge in [-0.05, 0) is 37.8 Å². The number of nitrogens with zero attached hydrogens (tertiary/aromatic N) is 1. The molecule has 0 N–H and O–H groups in total. The molecule has 0 radical (unpaired) electrons. The third-order valence-corrected chi connectivity index (χ3v) is 2.70. The quantitative estimate of drug-likeness (QED) is 0.607. The zero-order valence-corrected chi connectivity index (χ0v) is 8.90. The SMILES string of the molecule is CC1CCc2ncccc2CCC(=O)O1. The Bertz CT molecular complexity index is 362. The fourth-order valence-electron chi connectivity index (χ4n) is 1.84. The number of hydrogen-bond donors (Lipinski definition) is 0. The van der Waals surface area contributed by atoms with Crippen molar-refractivity contribution in [3.05, 3.63) is 29.6 Å². The number of rotatable bonds is 0. The summed E-state index contributed by atoms with van der Waals surface area (Å²) in [5.41, 5.74) is 2.30. The monoisotopic (exact) mass is 205 g/mol. The molecule has 1 unspecified atom stereocenters. The molecule has 0 aliphatic carbocycles. The van der Waals surface area contributed by atoms with E-state index in [1.165, 1.54) is 5.56 Å². The normalized spacial score (nSPS) is 21.9. The lowest BCUT2D eigenvalue weighted by atomic mass is 10.0. The first-order chi connectivity index (χ1) is 7.25. The fraction of sp³-hybridized carbons (Fsp3) is 0.500. The highest BCUT2D eigenvalue weighted by atomic mass is 16.5. The summed E-state index contributed by atoms with van der Waals surface area (Å²) in [6.45, 7) is 1.94. The molecule has 0 amide bonds. The molecule has 3 heteroatoms. The predicted molar refractivity (Wildman–Crippen MR) is 56.4 cm³/mol. The lowest BCUT2D eigenvalue weighted by molar-refractivity contribution is -0.148. The number of aryl methyl sites for hydroxylation is 2. The third-order valence-electron chi connectivity index (χ3n) is 2.70. The molecule has 1 atom stereocenters. The van der Waals surface area contributed by atoms with Crippen molar-refractivity contribution in [1.29, 1.82) is 0 Å². The van der Waals surface area contributed by atoms with E-state index < -0.39 is 0 Å². The molecule has 0 aromatic carbocycles. The standard InChI is InChI=1S/C12H15NO2/c1-9-4-6-11-10(3-2-8-13-11)5-7-12(14)15-9/h2-3,8-9H,4-7H2,1H3. The predicted octanol–water partition coefficient (Wildman–Crippen LogP) is 1.89. The van der Waals surface area contributed by atoms with Crippen molar-refractivity contribution in [3.8, 4) is 0 Å². The molecule has 0 fully saturated rings. The minimum absolute atomic E-state index is 0.00505. The molecule has 0 saturated heterocycles. The molecule has 0 saturated carbocycles. The molecule has 0 bridgehead atoms. The molecule has 15 heavy (non-hydrogen) atoms. The molecule has 80 valence electrons. The maximum absolute atomic E-state index is 11.4. The van der Waals surface area contributed by atoms with Gasteiger partial charge < -0.3 is 4.74 Å². The molecule has 0 spiro atoms. The second-order valence-electron chi connectivity index (χ2n) is 3.95. The summed E-state index contributed by atoms with van der Waals surface area (Å²) in [7, 11) is 0. The average Bonchev–Trinajstić information content (AvgIpc) is 2.30. The minimum atomic E-state index is -0.0980. The molecular weight excluding hydrogens is 190 g/mol. The van der Waals surface area contributed by atoms with E-state index in [4.69, 9.17) is 4.74 Å². The summed E-state index contributed by atoms with van der Waals surface area (Å²) in [6, 6.07) is 3.97. The van der Waals surface area contributed by atoms with Gasteiger partial charge in [-0.25, -0.2) is 0 Å². The van der Waals surface area contributed by atoms with Crippen LogP contribution in [0.2, 0.25) is 0 Å². The minimum Gasteiger partial charge on any atom is -0.463 e. The fourth-order valence-corrected chi connectivity index (χ4v) is 1.84. The molecule has 1 aliphatic rings. The second kappa shape index (κ2) is 4.43. The summed E-state index contributed by atoms with van der Waals surface area (Å²) in [5.74, 6) is -0.0980. The Morgan fingerprint density at radius 2 is 2.27 bits per heavy atom. The van der Waals surface area contributed by atoms with E-state index in [1.54, 1.807) is 0 Å². The van der Waals surface area contributed by atoms with Crippen LogP contribution in [0.25, 0.3) is 0 Å². The van der Waals surface area contributed by atoms with E-state index in [9.17, 15) is 4.79 Å². The number of carbonyl (C=O) groups excluding carboxylic acids is 1. The van der Waals surface area contributed by atoms with Gasteiger partial charge in [-0.3, -0.25) is 9.78 Å². The Morgan fingerprint density at radius 1 is 1.40 bits per heavy atom. The third kappa shape index (κ3) is 2.55. The molecule has 1 aromatic heterocycles. The molecule has 2 rings (SSSR count). The van der Waals surface area contributed by atoms with Gasteiger partial charge in [-0.15, -0.1) is 0 Å². The molecular formula is C12H15NO2. The van der Waals surface area contributed by atoms with Gasteiger partial charge in [0.15, 0.2) is 0 Å². The number of ether oxygens (including phenoxy) is 1. The van der Waals surface area contributed by atoms with Crippen LogP contribution in [-0.2, 0) is 22.4 Å². The van der Waals surface area contributed by atoms with Crippen LogP contribution in [0.4, 0.5) is 0 Å². The van der Waals surface area contributed by atoms with Crippen molar-refractivity contribution in [2.75, 3.05) is 0 Å². The highest BCUT2D eigenvalue weighted by Gasteiger charge is 2.15. The number of cyclic esters (lactones) is 1. The van der Waals surface area contributed by atoms with Crippen molar-refractivity contribution in [2.45, 2.75) is 38.7 Å². The first kappa shape index (κ1) is 10.1. The second-order valence-corrected chi connectivity index (χ2v) is 3.95. The first-order valence-electron chi connectivity index (χ1n) is 5.38. The van der Waals surface area contributed by atoms with E-state index in [2.05, 4.69) is 4.98 Å². The average molecular weight is 205 g/mol. The number of carbonyl (C=O) groups is 1. The van der Waals surface area contributed by atoms with Gasteiger partial charge in [0.1, 0.15) is 0 Å². The molecule has 1 aromatic rings. The number of fused-ring (bicyclic) bond motifs is 1. The summed E-state index contributed by atoms with van der Waals surface area (Å²) < 4.78 is 5.24. The van der Waals surface area contributed by atoms with Crippen LogP contribution in [0, 0.1) is 0 Å². The topological polar surface area (TPSA) is 39.2 Å². The van der Waals surface area contributed by atoms with Gasteiger partial charge in [0.25, 0.3) is 0 Å². The summed E-state index contributed by atoms with van der Waals surface area (Å²) in [4.78, 5) is 15.7. The van der Waals surface area contributed by atoms with Gasteiger partial charge in [0.05, 0.1) is 6.10 Å². The Balaban J connectivity index is 2.22. The van der Waals surface area contributed by atoms with Gasteiger partial charge >= 0.3 is 5.97 Å². The molecule has 2 heterocycles. The summed E-state index contributed by atoms with van der Waals surface area (Å²) in [6.07, 6.45) is 4.77.